The summed E-state index contributed by atoms with van der Waals surface area (Å²) in [5.41, 5.74) is 1.39. The fourth-order valence-corrected chi connectivity index (χ4v) is 2.95. The van der Waals surface area contributed by atoms with Crippen LogP contribution in [-0.4, -0.2) is 27.5 Å². The van der Waals surface area contributed by atoms with Crippen molar-refractivity contribution >= 4 is 28.5 Å². The zero-order valence-corrected chi connectivity index (χ0v) is 14.2. The van der Waals surface area contributed by atoms with Gasteiger partial charge in [0, 0.05) is 24.7 Å². The average Bonchev–Trinajstić information content (AvgIpc) is 3.13. The molecule has 3 rings (SSSR count). The van der Waals surface area contributed by atoms with E-state index in [1.807, 2.05) is 10.6 Å². The predicted octanol–water partition coefficient (Wildman–Crippen LogP) is 3.98. The number of halogens is 1. The highest BCUT2D eigenvalue weighted by Gasteiger charge is 2.25. The normalized spacial score (nSPS) is 14.7. The van der Waals surface area contributed by atoms with E-state index < -0.39 is 0 Å². The van der Waals surface area contributed by atoms with Crippen LogP contribution in [0.2, 0.25) is 5.28 Å². The summed E-state index contributed by atoms with van der Waals surface area (Å²) in [6, 6.07) is 2.17. The van der Waals surface area contributed by atoms with Crippen molar-refractivity contribution in [3.63, 3.8) is 0 Å². The van der Waals surface area contributed by atoms with Gasteiger partial charge in [-0.1, -0.05) is 33.1 Å². The van der Waals surface area contributed by atoms with Crippen molar-refractivity contribution in [1.29, 1.82) is 0 Å². The fourth-order valence-electron chi connectivity index (χ4n) is 2.82. The summed E-state index contributed by atoms with van der Waals surface area (Å²) in [7, 11) is 1.64. The molecule has 0 aliphatic heterocycles. The average molecular weight is 323 g/mol. The lowest BCUT2D eigenvalue weighted by Gasteiger charge is -2.16. The zero-order chi connectivity index (χ0) is 16.1. The zero-order valence-electron chi connectivity index (χ0n) is 13.4. The van der Waals surface area contributed by atoms with Crippen molar-refractivity contribution in [2.24, 2.45) is 0 Å². The fraction of sp³-hybridized carbons (Fsp3) is 0.562. The van der Waals surface area contributed by atoms with Crippen molar-refractivity contribution in [3.8, 4) is 0 Å². The van der Waals surface area contributed by atoms with Gasteiger partial charge < -0.3 is 9.88 Å². The number of rotatable bonds is 2. The van der Waals surface area contributed by atoms with E-state index in [1.54, 1.807) is 13.2 Å². The van der Waals surface area contributed by atoms with Gasteiger partial charge in [0.2, 0.25) is 5.28 Å². The molecular formula is C16H23ClN4O. The Morgan fingerprint density at radius 1 is 1.41 bits per heavy atom. The number of carbonyl (C=O) groups is 1. The number of hydrogen-bond acceptors (Lipinski definition) is 3. The molecule has 1 aliphatic rings. The maximum atomic E-state index is 12.0. The van der Waals surface area contributed by atoms with Crippen LogP contribution in [0.1, 0.15) is 62.5 Å². The molecule has 1 N–H and O–H groups in total. The van der Waals surface area contributed by atoms with E-state index in [4.69, 9.17) is 11.6 Å². The van der Waals surface area contributed by atoms with Gasteiger partial charge in [-0.2, -0.15) is 4.98 Å². The maximum absolute atomic E-state index is 12.0. The first kappa shape index (κ1) is 16.7. The molecule has 2 aromatic heterocycles. The summed E-state index contributed by atoms with van der Waals surface area (Å²) in [6.45, 7) is 4.25. The molecule has 0 bridgehead atoms. The maximum Gasteiger partial charge on any atom is 0.267 e. The summed E-state index contributed by atoms with van der Waals surface area (Å²) < 4.78 is 2.02. The Morgan fingerprint density at radius 2 is 2.05 bits per heavy atom. The summed E-state index contributed by atoms with van der Waals surface area (Å²) >= 11 is 5.88. The van der Waals surface area contributed by atoms with Crippen LogP contribution >= 0.6 is 11.6 Å². The van der Waals surface area contributed by atoms with Crippen molar-refractivity contribution in [1.82, 2.24) is 19.9 Å². The summed E-state index contributed by atoms with van der Waals surface area (Å²) in [5.74, 6) is -0.0963. The van der Waals surface area contributed by atoms with Crippen molar-refractivity contribution < 1.29 is 4.79 Å². The second-order valence-electron chi connectivity index (χ2n) is 5.54. The van der Waals surface area contributed by atoms with Gasteiger partial charge in [-0.3, -0.25) is 4.79 Å². The third-order valence-corrected chi connectivity index (χ3v) is 3.88. The third-order valence-electron chi connectivity index (χ3n) is 3.70. The molecule has 22 heavy (non-hydrogen) atoms. The molecule has 0 atom stereocenters. The molecule has 1 amide bonds. The molecule has 2 aromatic rings. The number of fused-ring (bicyclic) bond motifs is 1. The monoisotopic (exact) mass is 322 g/mol. The Labute approximate surface area is 136 Å². The van der Waals surface area contributed by atoms with Gasteiger partial charge in [0.15, 0.2) is 0 Å². The Morgan fingerprint density at radius 3 is 2.64 bits per heavy atom. The first-order valence-corrected chi connectivity index (χ1v) is 8.25. The number of nitrogens with one attached hydrogen (secondary N) is 1. The lowest BCUT2D eigenvalue weighted by molar-refractivity contribution is 0.0952. The molecule has 120 valence electrons. The molecule has 1 aliphatic carbocycles. The van der Waals surface area contributed by atoms with Crippen LogP contribution in [-0.2, 0) is 0 Å². The molecule has 1 saturated carbocycles. The molecule has 2 heterocycles. The van der Waals surface area contributed by atoms with E-state index in [9.17, 15) is 4.79 Å². The molecule has 0 saturated heterocycles. The van der Waals surface area contributed by atoms with E-state index in [1.165, 1.54) is 19.3 Å². The molecule has 5 nitrogen and oxygen atoms in total. The second-order valence-corrected chi connectivity index (χ2v) is 5.88. The van der Waals surface area contributed by atoms with Gasteiger partial charge in [-0.25, -0.2) is 4.98 Å². The topological polar surface area (TPSA) is 59.8 Å². The van der Waals surface area contributed by atoms with Crippen LogP contribution in [0.3, 0.4) is 0 Å². The lowest BCUT2D eigenvalue weighted by atomic mass is 10.2. The van der Waals surface area contributed by atoms with Crippen molar-refractivity contribution in [2.75, 3.05) is 7.05 Å². The van der Waals surface area contributed by atoms with Gasteiger partial charge in [-0.05, 0) is 30.5 Å². The van der Waals surface area contributed by atoms with E-state index in [0.29, 0.717) is 11.7 Å². The Bertz CT molecular complexity index is 647. The summed E-state index contributed by atoms with van der Waals surface area (Å²) in [4.78, 5) is 20.3. The third kappa shape index (κ3) is 3.40. The minimum absolute atomic E-state index is 0.0963. The number of nitrogens with zero attached hydrogens (tertiary/aromatic N) is 3. The number of carbonyl (C=O) groups excluding carboxylic acids is 1. The Hall–Kier alpha value is -1.62. The first-order valence-electron chi connectivity index (χ1n) is 7.87. The number of hydrogen-bond donors (Lipinski definition) is 1. The molecule has 6 heteroatoms. The molecule has 0 aromatic carbocycles. The van der Waals surface area contributed by atoms with Crippen molar-refractivity contribution in [2.45, 2.75) is 52.0 Å². The quantitative estimate of drug-likeness (QED) is 0.851. The molecular weight excluding hydrogens is 300 g/mol. The standard InChI is InChI=1S/C13H15ClN4O.C3H8/c1-15-12(19)10-6-8-7-16-13(14)17-11(8)18(10)9-4-2-3-5-9;1-3-2/h6-7,9H,2-5H2,1H3,(H,15,19);3H2,1-2H3. The van der Waals surface area contributed by atoms with E-state index >= 15 is 0 Å². The largest absolute Gasteiger partial charge is 0.354 e. The predicted molar refractivity (Wildman–Crippen MR) is 89.4 cm³/mol. The number of amides is 1. The van der Waals surface area contributed by atoms with E-state index in [-0.39, 0.29) is 11.2 Å². The lowest BCUT2D eigenvalue weighted by Crippen LogP contribution is -2.23. The summed E-state index contributed by atoms with van der Waals surface area (Å²) in [6.07, 6.45) is 7.46. The SMILES string of the molecule is CCC.CNC(=O)c1cc2cnc(Cl)nc2n1C1CCCC1. The molecule has 1 fully saturated rings. The highest BCUT2D eigenvalue weighted by Crippen LogP contribution is 2.34. The Balaban J connectivity index is 0.000000545. The van der Waals surface area contributed by atoms with E-state index in [2.05, 4.69) is 29.1 Å². The minimum atomic E-state index is -0.0963. The smallest absolute Gasteiger partial charge is 0.267 e. The van der Waals surface area contributed by atoms with Gasteiger partial charge in [0.1, 0.15) is 11.3 Å². The van der Waals surface area contributed by atoms with Gasteiger partial charge >= 0.3 is 0 Å². The van der Waals surface area contributed by atoms with Crippen LogP contribution in [0.4, 0.5) is 0 Å². The molecule has 0 unspecified atom stereocenters. The first-order chi connectivity index (χ1) is 10.6. The highest BCUT2D eigenvalue weighted by molar-refractivity contribution is 6.28. The van der Waals surface area contributed by atoms with Gasteiger partial charge in [0.05, 0.1) is 0 Å². The van der Waals surface area contributed by atoms with Crippen LogP contribution in [0.25, 0.3) is 11.0 Å². The van der Waals surface area contributed by atoms with Gasteiger partial charge in [-0.15, -0.1) is 0 Å². The van der Waals surface area contributed by atoms with Crippen LogP contribution < -0.4 is 5.32 Å². The van der Waals surface area contributed by atoms with Gasteiger partial charge in [0.25, 0.3) is 5.91 Å². The highest BCUT2D eigenvalue weighted by atomic mass is 35.5. The Kier molecular flexibility index (Phi) is 5.77. The van der Waals surface area contributed by atoms with Crippen LogP contribution in [0.5, 0.6) is 0 Å². The summed E-state index contributed by atoms with van der Waals surface area (Å²) in [5, 5.41) is 3.75. The van der Waals surface area contributed by atoms with Crippen molar-refractivity contribution in [3.05, 3.63) is 23.2 Å². The molecule has 0 radical (unpaired) electrons. The molecule has 0 spiro atoms. The van der Waals surface area contributed by atoms with Crippen LogP contribution in [0.15, 0.2) is 12.3 Å². The minimum Gasteiger partial charge on any atom is -0.354 e. The number of aromatic nitrogens is 3. The second kappa shape index (κ2) is 7.58. The van der Waals surface area contributed by atoms with Crippen LogP contribution in [0, 0.1) is 0 Å². The van der Waals surface area contributed by atoms with E-state index in [0.717, 1.165) is 23.9 Å².